The number of benzene rings is 1. The van der Waals surface area contributed by atoms with Crippen LogP contribution in [0.2, 0.25) is 0 Å². The second-order valence-electron chi connectivity index (χ2n) is 9.13. The highest BCUT2D eigenvalue weighted by molar-refractivity contribution is 5.91. The Morgan fingerprint density at radius 3 is 2.38 bits per heavy atom. The maximum Gasteiger partial charge on any atom is 0.387 e. The van der Waals surface area contributed by atoms with Gasteiger partial charge in [-0.05, 0) is 75.6 Å². The molecular weight excluding hydrogens is 442 g/mol. The minimum absolute atomic E-state index is 0.0400. The molecule has 1 heterocycles. The van der Waals surface area contributed by atoms with Gasteiger partial charge in [-0.2, -0.15) is 13.8 Å². The fourth-order valence-corrected chi connectivity index (χ4v) is 4.98. The zero-order valence-corrected chi connectivity index (χ0v) is 19.6. The van der Waals surface area contributed by atoms with Crippen molar-refractivity contribution in [1.29, 1.82) is 0 Å². The standard InChI is InChI=1S/C24H32F2N6O2/c1-31(2)21-19-5-3-4-6-20(19)29-24(30-21)28-15-7-9-16(10-8-15)32(23(27)33)17-11-13-18(14-12-17)34-22(25)26/h11-16,22H,3-10H2,1-2H3,(H2,27,33)(H,28,29,30)/t15-,16+. The molecule has 34 heavy (non-hydrogen) atoms. The summed E-state index contributed by atoms with van der Waals surface area (Å²) in [5.41, 5.74) is 8.65. The third kappa shape index (κ3) is 5.48. The van der Waals surface area contributed by atoms with E-state index in [0.717, 1.165) is 56.5 Å². The lowest BCUT2D eigenvalue weighted by Crippen LogP contribution is -2.46. The lowest BCUT2D eigenvalue weighted by atomic mass is 9.90. The largest absolute Gasteiger partial charge is 0.435 e. The molecule has 1 fully saturated rings. The Bertz CT molecular complexity index is 994. The van der Waals surface area contributed by atoms with E-state index in [1.807, 2.05) is 14.1 Å². The Balaban J connectivity index is 1.41. The van der Waals surface area contributed by atoms with Crippen molar-refractivity contribution in [3.8, 4) is 5.75 Å². The number of primary amides is 1. The van der Waals surface area contributed by atoms with Gasteiger partial charge in [0.25, 0.3) is 0 Å². The predicted molar refractivity (Wildman–Crippen MR) is 128 cm³/mol. The number of carbonyl (C=O) groups is 1. The average Bonchev–Trinajstić information content (AvgIpc) is 2.80. The first kappa shape index (κ1) is 24.0. The highest BCUT2D eigenvalue weighted by atomic mass is 19.3. The number of fused-ring (bicyclic) bond motifs is 1. The lowest BCUT2D eigenvalue weighted by Gasteiger charge is -2.36. The van der Waals surface area contributed by atoms with E-state index < -0.39 is 12.6 Å². The smallest absolute Gasteiger partial charge is 0.387 e. The molecule has 10 heteroatoms. The number of carbonyl (C=O) groups excluding carboxylic acids is 1. The van der Waals surface area contributed by atoms with Gasteiger partial charge in [0.2, 0.25) is 5.95 Å². The Kier molecular flexibility index (Phi) is 7.33. The first-order valence-corrected chi connectivity index (χ1v) is 11.8. The highest BCUT2D eigenvalue weighted by Crippen LogP contribution is 2.32. The molecule has 2 amide bonds. The minimum atomic E-state index is -2.89. The van der Waals surface area contributed by atoms with E-state index in [2.05, 4.69) is 15.0 Å². The number of halogens is 2. The topological polar surface area (TPSA) is 96.6 Å². The number of amides is 2. The SMILES string of the molecule is CN(C)c1nc(N[C@H]2CC[C@@H](N(C(N)=O)c3ccc(OC(F)F)cc3)CC2)nc2c1CCCC2. The van der Waals surface area contributed by atoms with Gasteiger partial charge in [-0.3, -0.25) is 4.90 Å². The summed E-state index contributed by atoms with van der Waals surface area (Å²) < 4.78 is 29.2. The molecular formula is C24H32F2N6O2. The number of hydrogen-bond donors (Lipinski definition) is 2. The number of anilines is 3. The minimum Gasteiger partial charge on any atom is -0.435 e. The van der Waals surface area contributed by atoms with Gasteiger partial charge >= 0.3 is 12.6 Å². The summed E-state index contributed by atoms with van der Waals surface area (Å²) in [6, 6.07) is 5.56. The van der Waals surface area contributed by atoms with Crippen LogP contribution in [-0.2, 0) is 12.8 Å². The molecule has 4 rings (SSSR count). The van der Waals surface area contributed by atoms with Crippen molar-refractivity contribution in [3.05, 3.63) is 35.5 Å². The molecule has 0 unspecified atom stereocenters. The summed E-state index contributed by atoms with van der Waals surface area (Å²) in [6.45, 7) is -2.89. The van der Waals surface area contributed by atoms with Gasteiger partial charge in [0.05, 0.1) is 5.69 Å². The van der Waals surface area contributed by atoms with E-state index in [0.29, 0.717) is 11.6 Å². The number of rotatable bonds is 7. The van der Waals surface area contributed by atoms with E-state index in [1.165, 1.54) is 24.1 Å². The van der Waals surface area contributed by atoms with Gasteiger partial charge < -0.3 is 20.7 Å². The highest BCUT2D eigenvalue weighted by Gasteiger charge is 2.30. The van der Waals surface area contributed by atoms with Crippen LogP contribution in [0.25, 0.3) is 0 Å². The van der Waals surface area contributed by atoms with Crippen molar-refractivity contribution >= 4 is 23.5 Å². The van der Waals surface area contributed by atoms with Crippen LogP contribution in [-0.4, -0.2) is 48.8 Å². The zero-order chi connectivity index (χ0) is 24.2. The van der Waals surface area contributed by atoms with E-state index in [-0.39, 0.29) is 17.8 Å². The van der Waals surface area contributed by atoms with Crippen molar-refractivity contribution in [3.63, 3.8) is 0 Å². The van der Waals surface area contributed by atoms with Crippen molar-refractivity contribution in [2.75, 3.05) is 29.2 Å². The van der Waals surface area contributed by atoms with Crippen LogP contribution in [0.5, 0.6) is 5.75 Å². The summed E-state index contributed by atoms with van der Waals surface area (Å²) >= 11 is 0. The summed E-state index contributed by atoms with van der Waals surface area (Å²) in [4.78, 5) is 25.4. The fraction of sp³-hybridized carbons (Fsp3) is 0.542. The van der Waals surface area contributed by atoms with E-state index in [9.17, 15) is 13.6 Å². The first-order chi connectivity index (χ1) is 16.3. The molecule has 2 aromatic rings. The van der Waals surface area contributed by atoms with Crippen LogP contribution in [0.4, 0.5) is 31.0 Å². The van der Waals surface area contributed by atoms with Crippen molar-refractivity contribution in [1.82, 2.24) is 9.97 Å². The Labute approximate surface area is 198 Å². The van der Waals surface area contributed by atoms with E-state index in [1.54, 1.807) is 17.0 Å². The molecule has 3 N–H and O–H groups in total. The van der Waals surface area contributed by atoms with Crippen molar-refractivity contribution in [2.45, 2.75) is 70.1 Å². The molecule has 1 aromatic carbocycles. The van der Waals surface area contributed by atoms with Crippen LogP contribution in [0.1, 0.15) is 49.8 Å². The Morgan fingerprint density at radius 2 is 1.76 bits per heavy atom. The number of nitrogens with one attached hydrogen (secondary N) is 1. The maximum atomic E-state index is 12.4. The molecule has 2 aliphatic carbocycles. The molecule has 8 nitrogen and oxygen atoms in total. The number of hydrogen-bond acceptors (Lipinski definition) is 6. The second-order valence-corrected chi connectivity index (χ2v) is 9.13. The van der Waals surface area contributed by atoms with Crippen molar-refractivity contribution in [2.24, 2.45) is 5.73 Å². The molecule has 0 saturated heterocycles. The monoisotopic (exact) mass is 474 g/mol. The normalized spacial score (nSPS) is 19.9. The summed E-state index contributed by atoms with van der Waals surface area (Å²) in [6.07, 6.45) is 7.49. The van der Waals surface area contributed by atoms with Gasteiger partial charge in [0.1, 0.15) is 11.6 Å². The molecule has 1 aromatic heterocycles. The molecule has 1 saturated carbocycles. The fourth-order valence-electron chi connectivity index (χ4n) is 4.98. The number of ether oxygens (including phenoxy) is 1. The van der Waals surface area contributed by atoms with Gasteiger partial charge in [-0.25, -0.2) is 9.78 Å². The summed E-state index contributed by atoms with van der Waals surface area (Å²) in [7, 11) is 4.02. The molecule has 2 aliphatic rings. The quantitative estimate of drug-likeness (QED) is 0.620. The number of aryl methyl sites for hydroxylation is 1. The van der Waals surface area contributed by atoms with E-state index >= 15 is 0 Å². The molecule has 0 atom stereocenters. The molecule has 184 valence electrons. The second kappa shape index (κ2) is 10.4. The van der Waals surface area contributed by atoms with Gasteiger partial charge in [-0.1, -0.05) is 0 Å². The zero-order valence-electron chi connectivity index (χ0n) is 19.6. The Hall–Kier alpha value is -3.17. The van der Waals surface area contributed by atoms with Crippen LogP contribution in [0.3, 0.4) is 0 Å². The predicted octanol–water partition coefficient (Wildman–Crippen LogP) is 4.33. The molecule has 0 aliphatic heterocycles. The number of aromatic nitrogens is 2. The van der Waals surface area contributed by atoms with Gasteiger partial charge in [0, 0.05) is 37.4 Å². The molecule has 0 spiro atoms. The van der Waals surface area contributed by atoms with Gasteiger partial charge in [-0.15, -0.1) is 0 Å². The number of alkyl halides is 2. The average molecular weight is 475 g/mol. The number of nitrogens with two attached hydrogens (primary N) is 1. The van der Waals surface area contributed by atoms with Gasteiger partial charge in [0.15, 0.2) is 0 Å². The van der Waals surface area contributed by atoms with Crippen LogP contribution in [0, 0.1) is 0 Å². The van der Waals surface area contributed by atoms with Crippen LogP contribution < -0.4 is 25.6 Å². The number of nitrogens with zero attached hydrogens (tertiary/aromatic N) is 4. The van der Waals surface area contributed by atoms with Crippen LogP contribution in [0.15, 0.2) is 24.3 Å². The maximum absolute atomic E-state index is 12.4. The number of urea groups is 1. The summed E-state index contributed by atoms with van der Waals surface area (Å²) in [5.74, 6) is 1.69. The molecule has 0 radical (unpaired) electrons. The van der Waals surface area contributed by atoms with Crippen LogP contribution >= 0.6 is 0 Å². The third-order valence-electron chi connectivity index (χ3n) is 6.56. The third-order valence-corrected chi connectivity index (χ3v) is 6.56. The van der Waals surface area contributed by atoms with Crippen molar-refractivity contribution < 1.29 is 18.3 Å². The first-order valence-electron chi connectivity index (χ1n) is 11.8. The Morgan fingerprint density at radius 1 is 1.09 bits per heavy atom. The lowest BCUT2D eigenvalue weighted by molar-refractivity contribution is -0.0498. The molecule has 0 bridgehead atoms. The van der Waals surface area contributed by atoms with E-state index in [4.69, 9.17) is 15.7 Å². The summed E-state index contributed by atoms with van der Waals surface area (Å²) in [5, 5.41) is 3.51.